The van der Waals surface area contributed by atoms with Gasteiger partial charge in [-0.15, -0.1) is 0 Å². The van der Waals surface area contributed by atoms with Crippen LogP contribution in [0.25, 0.3) is 0 Å². The molecule has 39 heavy (non-hydrogen) atoms. The molecule has 3 N–H and O–H groups in total. The Bertz CT molecular complexity index is 1090. The van der Waals surface area contributed by atoms with Gasteiger partial charge in [-0.2, -0.15) is 10.5 Å². The molecule has 9 heteroatoms. The number of aromatic hydroxyl groups is 1. The minimum absolute atomic E-state index is 0.260. The maximum Gasteiger partial charge on any atom is 0.119 e. The van der Waals surface area contributed by atoms with Crippen LogP contribution >= 0.6 is 0 Å². The van der Waals surface area contributed by atoms with Gasteiger partial charge in [-0.25, -0.2) is 0 Å². The van der Waals surface area contributed by atoms with Crippen LogP contribution < -0.4 is 29.4 Å². The summed E-state index contributed by atoms with van der Waals surface area (Å²) in [7, 11) is 4.85. The molecule has 0 atom stereocenters. The first kappa shape index (κ1) is 34.1. The first-order chi connectivity index (χ1) is 19.0. The molecule has 0 saturated heterocycles. The van der Waals surface area contributed by atoms with Crippen LogP contribution in [-0.4, -0.2) is 46.2 Å². The van der Waals surface area contributed by atoms with Gasteiger partial charge in [-0.1, -0.05) is 6.58 Å². The van der Waals surface area contributed by atoms with Gasteiger partial charge in [0.1, 0.15) is 41.1 Å². The first-order valence-electron chi connectivity index (χ1n) is 11.9. The Morgan fingerprint density at radius 3 is 1.41 bits per heavy atom. The Kier molecular flexibility index (Phi) is 20.6. The summed E-state index contributed by atoms with van der Waals surface area (Å²) in [6.45, 7) is 4.88. The number of ether oxygens (including phenoxy) is 5. The number of nitrogens with two attached hydrogens (primary N) is 1. The SMILES string of the molecule is C=CC#N.COc1ccc(O)cc1.COc1ccc(OCCC#N)cc1.COc1ccc(OCCCN)cc1. The lowest BCUT2D eigenvalue weighted by atomic mass is 10.3. The highest BCUT2D eigenvalue weighted by molar-refractivity contribution is 5.32. The third-order valence-electron chi connectivity index (χ3n) is 4.38. The molecule has 0 radical (unpaired) electrons. The van der Waals surface area contributed by atoms with E-state index >= 15 is 0 Å². The predicted molar refractivity (Wildman–Crippen MR) is 151 cm³/mol. The number of phenols is 1. The Morgan fingerprint density at radius 2 is 1.08 bits per heavy atom. The lowest BCUT2D eigenvalue weighted by Gasteiger charge is -2.05. The smallest absolute Gasteiger partial charge is 0.119 e. The molecule has 3 aromatic carbocycles. The molecule has 208 valence electrons. The van der Waals surface area contributed by atoms with Crippen molar-refractivity contribution >= 4 is 0 Å². The summed E-state index contributed by atoms with van der Waals surface area (Å²) in [4.78, 5) is 0. The molecule has 0 amide bonds. The Hall–Kier alpha value is -4.86. The molecule has 3 rings (SSSR count). The van der Waals surface area contributed by atoms with Crippen molar-refractivity contribution < 1.29 is 28.8 Å². The van der Waals surface area contributed by atoms with E-state index in [1.165, 1.54) is 6.08 Å². The standard InChI is InChI=1S/C10H15NO2.C10H11NO2.C7H8O2.C3H3N/c2*1-12-9-3-5-10(6-4-9)13-8-2-7-11;1-9-7-4-2-6(8)3-5-7;1-2-3-4/h3-6H,2,7-8,11H2,1H3;3-6H,2,8H2,1H3;2-5,8H,1H3;2H,1H2. The van der Waals surface area contributed by atoms with Gasteiger partial charge in [0.25, 0.3) is 0 Å². The second-order valence-corrected chi connectivity index (χ2v) is 7.13. The van der Waals surface area contributed by atoms with Crippen LogP contribution in [0.3, 0.4) is 0 Å². The summed E-state index contributed by atoms with van der Waals surface area (Å²) in [5.41, 5.74) is 5.34. The van der Waals surface area contributed by atoms with Crippen LogP contribution in [0.1, 0.15) is 12.8 Å². The van der Waals surface area contributed by atoms with E-state index in [1.807, 2.05) is 54.6 Å². The van der Waals surface area contributed by atoms with E-state index in [0.717, 1.165) is 35.2 Å². The monoisotopic (exact) mass is 535 g/mol. The quantitative estimate of drug-likeness (QED) is 0.254. The zero-order chi connectivity index (χ0) is 29.1. The average molecular weight is 536 g/mol. The van der Waals surface area contributed by atoms with E-state index in [9.17, 15) is 0 Å². The number of hydrogen-bond donors (Lipinski definition) is 2. The second-order valence-electron chi connectivity index (χ2n) is 7.13. The lowest BCUT2D eigenvalue weighted by Crippen LogP contribution is -2.05. The third kappa shape index (κ3) is 18.1. The molecule has 0 spiro atoms. The highest BCUT2D eigenvalue weighted by Gasteiger charge is 1.95. The van der Waals surface area contributed by atoms with Crippen molar-refractivity contribution in [2.24, 2.45) is 5.73 Å². The van der Waals surface area contributed by atoms with Gasteiger partial charge in [-0.05, 0) is 85.8 Å². The molecule has 0 bridgehead atoms. The summed E-state index contributed by atoms with van der Waals surface area (Å²) < 4.78 is 25.5. The van der Waals surface area contributed by atoms with E-state index in [2.05, 4.69) is 6.58 Å². The Balaban J connectivity index is 0.000000527. The lowest BCUT2D eigenvalue weighted by molar-refractivity contribution is 0.312. The number of hydrogen-bond acceptors (Lipinski definition) is 9. The minimum atomic E-state index is 0.260. The molecule has 0 fully saturated rings. The molecule has 0 heterocycles. The summed E-state index contributed by atoms with van der Waals surface area (Å²) in [5.74, 6) is 4.27. The summed E-state index contributed by atoms with van der Waals surface area (Å²) in [6.07, 6.45) is 2.47. The largest absolute Gasteiger partial charge is 0.508 e. The van der Waals surface area contributed by atoms with Crippen molar-refractivity contribution in [3.8, 4) is 46.6 Å². The number of benzene rings is 3. The average Bonchev–Trinajstić information content (AvgIpc) is 2.99. The van der Waals surface area contributed by atoms with Gasteiger partial charge in [0, 0.05) is 6.08 Å². The topological polar surface area (TPSA) is 140 Å². The molecular weight excluding hydrogens is 498 g/mol. The van der Waals surface area contributed by atoms with Crippen molar-refractivity contribution in [3.63, 3.8) is 0 Å². The van der Waals surface area contributed by atoms with Crippen molar-refractivity contribution in [1.82, 2.24) is 0 Å². The molecule has 0 unspecified atom stereocenters. The highest BCUT2D eigenvalue weighted by Crippen LogP contribution is 2.18. The molecule has 0 aliphatic carbocycles. The van der Waals surface area contributed by atoms with Crippen LogP contribution in [0.5, 0.6) is 34.5 Å². The van der Waals surface area contributed by atoms with E-state index in [-0.39, 0.29) is 5.75 Å². The number of nitrogens with zero attached hydrogens (tertiary/aromatic N) is 2. The van der Waals surface area contributed by atoms with Gasteiger partial charge >= 0.3 is 0 Å². The van der Waals surface area contributed by atoms with Crippen molar-refractivity contribution in [2.75, 3.05) is 41.1 Å². The third-order valence-corrected chi connectivity index (χ3v) is 4.38. The van der Waals surface area contributed by atoms with E-state index < -0.39 is 0 Å². The number of methoxy groups -OCH3 is 3. The molecule has 0 aliphatic heterocycles. The normalized spacial score (nSPS) is 8.67. The van der Waals surface area contributed by atoms with E-state index in [1.54, 1.807) is 51.7 Å². The maximum absolute atomic E-state index is 8.80. The van der Waals surface area contributed by atoms with E-state index in [4.69, 9.17) is 45.0 Å². The predicted octanol–water partition coefficient (Wildman–Crippen LogP) is 5.51. The first-order valence-corrected chi connectivity index (χ1v) is 11.9. The van der Waals surface area contributed by atoms with Gasteiger partial charge in [0.2, 0.25) is 0 Å². The van der Waals surface area contributed by atoms with Crippen molar-refractivity contribution in [2.45, 2.75) is 12.8 Å². The van der Waals surface area contributed by atoms with Crippen LogP contribution in [0, 0.1) is 22.7 Å². The molecular formula is C30H37N3O6. The van der Waals surface area contributed by atoms with Crippen LogP contribution in [0.2, 0.25) is 0 Å². The zero-order valence-corrected chi connectivity index (χ0v) is 22.7. The number of nitriles is 2. The summed E-state index contributed by atoms with van der Waals surface area (Å²) >= 11 is 0. The number of phenolic OH excluding ortho intramolecular Hbond substituents is 1. The molecule has 3 aromatic rings. The van der Waals surface area contributed by atoms with Gasteiger partial charge in [0.05, 0.1) is 46.5 Å². The van der Waals surface area contributed by atoms with Gasteiger partial charge < -0.3 is 34.5 Å². The number of rotatable bonds is 10. The molecule has 0 saturated carbocycles. The summed E-state index contributed by atoms with van der Waals surface area (Å²) in [6, 6.07) is 25.1. The fourth-order valence-electron chi connectivity index (χ4n) is 2.41. The fourth-order valence-corrected chi connectivity index (χ4v) is 2.41. The number of allylic oxidation sites excluding steroid dienone is 1. The van der Waals surface area contributed by atoms with Crippen molar-refractivity contribution in [3.05, 3.63) is 85.5 Å². The van der Waals surface area contributed by atoms with Gasteiger partial charge in [0.15, 0.2) is 0 Å². The maximum atomic E-state index is 8.80. The fraction of sp³-hybridized carbons (Fsp3) is 0.267. The van der Waals surface area contributed by atoms with Gasteiger partial charge in [-0.3, -0.25) is 0 Å². The second kappa shape index (κ2) is 23.5. The molecule has 0 aliphatic rings. The Morgan fingerprint density at radius 1 is 0.718 bits per heavy atom. The van der Waals surface area contributed by atoms with E-state index in [0.29, 0.717) is 26.2 Å². The van der Waals surface area contributed by atoms with Crippen LogP contribution in [-0.2, 0) is 0 Å². The highest BCUT2D eigenvalue weighted by atomic mass is 16.5. The zero-order valence-electron chi connectivity index (χ0n) is 22.7. The van der Waals surface area contributed by atoms with Crippen LogP contribution in [0.15, 0.2) is 85.5 Å². The minimum Gasteiger partial charge on any atom is -0.508 e. The summed E-state index contributed by atoms with van der Waals surface area (Å²) in [5, 5.41) is 24.6. The van der Waals surface area contributed by atoms with Crippen molar-refractivity contribution in [1.29, 1.82) is 10.5 Å². The Labute approximate surface area is 231 Å². The molecule has 0 aromatic heterocycles. The molecule has 9 nitrogen and oxygen atoms in total. The van der Waals surface area contributed by atoms with Crippen LogP contribution in [0.4, 0.5) is 0 Å².